The summed E-state index contributed by atoms with van der Waals surface area (Å²) in [6.45, 7) is 12.4. The van der Waals surface area contributed by atoms with Gasteiger partial charge >= 0.3 is 0 Å². The molecule has 0 saturated heterocycles. The smallest absolute Gasteiger partial charge is 0.0291 e. The lowest BCUT2D eigenvalue weighted by molar-refractivity contribution is 0.497. The highest BCUT2D eigenvalue weighted by molar-refractivity contribution is 5.26. The maximum atomic E-state index is 3.60. The lowest BCUT2D eigenvalue weighted by Crippen LogP contribution is -2.20. The van der Waals surface area contributed by atoms with Gasteiger partial charge in [0, 0.05) is 6.04 Å². The van der Waals surface area contributed by atoms with E-state index in [9.17, 15) is 0 Å². The fourth-order valence-electron chi connectivity index (χ4n) is 2.12. The molecule has 102 valence electrons. The normalized spacial score (nSPS) is 13.3. The van der Waals surface area contributed by atoms with Gasteiger partial charge in [-0.15, -0.1) is 0 Å². The first-order valence-corrected chi connectivity index (χ1v) is 7.34. The van der Waals surface area contributed by atoms with E-state index in [0.29, 0.717) is 12.0 Å². The van der Waals surface area contributed by atoms with Crippen molar-refractivity contribution < 1.29 is 0 Å². The number of rotatable bonds is 7. The summed E-state index contributed by atoms with van der Waals surface area (Å²) in [5.41, 5.74) is 2.81. The minimum absolute atomic E-state index is 0.457. The van der Waals surface area contributed by atoms with E-state index < -0.39 is 0 Å². The van der Waals surface area contributed by atoms with E-state index in [2.05, 4.69) is 64.2 Å². The van der Waals surface area contributed by atoms with E-state index >= 15 is 0 Å². The van der Waals surface area contributed by atoms with Crippen molar-refractivity contribution in [3.8, 4) is 0 Å². The van der Waals surface area contributed by atoms with Crippen LogP contribution in [-0.2, 0) is 0 Å². The van der Waals surface area contributed by atoms with Crippen molar-refractivity contribution >= 4 is 0 Å². The summed E-state index contributed by atoms with van der Waals surface area (Å²) in [4.78, 5) is 0. The van der Waals surface area contributed by atoms with Crippen LogP contribution in [0.5, 0.6) is 0 Å². The van der Waals surface area contributed by atoms with Crippen LogP contribution in [0.4, 0.5) is 0 Å². The average molecular weight is 247 g/mol. The zero-order chi connectivity index (χ0) is 13.5. The van der Waals surface area contributed by atoms with Crippen LogP contribution in [0.2, 0.25) is 0 Å². The van der Waals surface area contributed by atoms with Crippen molar-refractivity contribution in [2.24, 2.45) is 5.92 Å². The first-order chi connectivity index (χ1) is 8.50. The molecule has 0 aliphatic rings. The Kier molecular flexibility index (Phi) is 6.42. The molecule has 1 aromatic rings. The van der Waals surface area contributed by atoms with Crippen molar-refractivity contribution in [2.45, 2.75) is 59.4 Å². The van der Waals surface area contributed by atoms with Gasteiger partial charge in [0.1, 0.15) is 0 Å². The van der Waals surface area contributed by atoms with E-state index in [1.54, 1.807) is 0 Å². The maximum absolute atomic E-state index is 3.60. The van der Waals surface area contributed by atoms with E-state index in [4.69, 9.17) is 0 Å². The molecule has 0 fully saturated rings. The predicted octanol–water partition coefficient (Wildman–Crippen LogP) is 4.90. The van der Waals surface area contributed by atoms with Crippen LogP contribution in [0.25, 0.3) is 0 Å². The SMILES string of the molecule is CC(C)CCCNC(C)c1ccc(C(C)C)cc1. The first-order valence-electron chi connectivity index (χ1n) is 7.34. The molecule has 1 rings (SSSR count). The number of hydrogen-bond acceptors (Lipinski definition) is 1. The van der Waals surface area contributed by atoms with Crippen LogP contribution >= 0.6 is 0 Å². The molecule has 0 heterocycles. The molecule has 1 unspecified atom stereocenters. The number of benzene rings is 1. The van der Waals surface area contributed by atoms with Gasteiger partial charge in [-0.05, 0) is 49.3 Å². The summed E-state index contributed by atoms with van der Waals surface area (Å²) >= 11 is 0. The molecule has 1 heteroatoms. The second-order valence-electron chi connectivity index (χ2n) is 6.03. The zero-order valence-electron chi connectivity index (χ0n) is 12.7. The van der Waals surface area contributed by atoms with Crippen molar-refractivity contribution in [1.29, 1.82) is 0 Å². The Balaban J connectivity index is 2.39. The van der Waals surface area contributed by atoms with Gasteiger partial charge in [0.05, 0.1) is 0 Å². The minimum atomic E-state index is 0.457. The summed E-state index contributed by atoms with van der Waals surface area (Å²) < 4.78 is 0. The largest absolute Gasteiger partial charge is 0.310 e. The van der Waals surface area contributed by atoms with E-state index in [1.165, 1.54) is 24.0 Å². The molecule has 0 aliphatic heterocycles. The van der Waals surface area contributed by atoms with Gasteiger partial charge in [-0.25, -0.2) is 0 Å². The second-order valence-corrected chi connectivity index (χ2v) is 6.03. The summed E-state index contributed by atoms with van der Waals surface area (Å²) in [6.07, 6.45) is 2.58. The third kappa shape index (κ3) is 5.22. The first kappa shape index (κ1) is 15.2. The number of nitrogens with one attached hydrogen (secondary N) is 1. The zero-order valence-corrected chi connectivity index (χ0v) is 12.7. The Bertz CT molecular complexity index is 324. The maximum Gasteiger partial charge on any atom is 0.0291 e. The van der Waals surface area contributed by atoms with Crippen LogP contribution in [0, 0.1) is 5.92 Å². The molecule has 0 saturated carbocycles. The van der Waals surface area contributed by atoms with Gasteiger partial charge in [0.2, 0.25) is 0 Å². The highest BCUT2D eigenvalue weighted by Crippen LogP contribution is 2.18. The van der Waals surface area contributed by atoms with Crippen LogP contribution < -0.4 is 5.32 Å². The fraction of sp³-hybridized carbons (Fsp3) is 0.647. The molecule has 1 N–H and O–H groups in total. The Morgan fingerprint density at radius 2 is 1.44 bits per heavy atom. The van der Waals surface area contributed by atoms with Crippen molar-refractivity contribution in [1.82, 2.24) is 5.32 Å². The van der Waals surface area contributed by atoms with Gasteiger partial charge in [-0.1, -0.05) is 52.0 Å². The van der Waals surface area contributed by atoms with Crippen molar-refractivity contribution in [3.63, 3.8) is 0 Å². The molecule has 0 amide bonds. The molecule has 0 aliphatic carbocycles. The van der Waals surface area contributed by atoms with Crippen LogP contribution in [0.1, 0.15) is 70.5 Å². The van der Waals surface area contributed by atoms with Gasteiger partial charge in [0.25, 0.3) is 0 Å². The highest BCUT2D eigenvalue weighted by atomic mass is 14.9. The minimum Gasteiger partial charge on any atom is -0.310 e. The lowest BCUT2D eigenvalue weighted by Gasteiger charge is -2.16. The molecule has 1 atom stereocenters. The molecule has 0 radical (unpaired) electrons. The molecular formula is C17H29N. The molecule has 0 spiro atoms. The summed E-state index contributed by atoms with van der Waals surface area (Å²) in [6, 6.07) is 9.49. The quantitative estimate of drug-likeness (QED) is 0.676. The molecular weight excluding hydrogens is 218 g/mol. The van der Waals surface area contributed by atoms with Crippen LogP contribution in [0.15, 0.2) is 24.3 Å². The Labute approximate surface area is 113 Å². The third-order valence-corrected chi connectivity index (χ3v) is 3.51. The average Bonchev–Trinajstić information content (AvgIpc) is 2.34. The standard InChI is InChI=1S/C17H29N/c1-13(2)7-6-12-18-15(5)17-10-8-16(9-11-17)14(3)4/h8-11,13-15,18H,6-7,12H2,1-5H3. The third-order valence-electron chi connectivity index (χ3n) is 3.51. The van der Waals surface area contributed by atoms with E-state index in [-0.39, 0.29) is 0 Å². The van der Waals surface area contributed by atoms with Crippen LogP contribution in [0.3, 0.4) is 0 Å². The highest BCUT2D eigenvalue weighted by Gasteiger charge is 2.05. The molecule has 0 bridgehead atoms. The summed E-state index contributed by atoms with van der Waals surface area (Å²) in [5, 5.41) is 3.60. The van der Waals surface area contributed by atoms with Crippen LogP contribution in [-0.4, -0.2) is 6.54 Å². The number of hydrogen-bond donors (Lipinski definition) is 1. The Hall–Kier alpha value is -0.820. The Morgan fingerprint density at radius 1 is 0.889 bits per heavy atom. The van der Waals surface area contributed by atoms with Gasteiger partial charge < -0.3 is 5.32 Å². The van der Waals surface area contributed by atoms with Gasteiger partial charge in [0.15, 0.2) is 0 Å². The molecule has 1 nitrogen and oxygen atoms in total. The van der Waals surface area contributed by atoms with Gasteiger partial charge in [-0.2, -0.15) is 0 Å². The van der Waals surface area contributed by atoms with Crippen molar-refractivity contribution in [3.05, 3.63) is 35.4 Å². The fourth-order valence-corrected chi connectivity index (χ4v) is 2.12. The van der Waals surface area contributed by atoms with E-state index in [1.807, 2.05) is 0 Å². The summed E-state index contributed by atoms with van der Waals surface area (Å²) in [5.74, 6) is 1.43. The topological polar surface area (TPSA) is 12.0 Å². The monoisotopic (exact) mass is 247 g/mol. The van der Waals surface area contributed by atoms with Crippen molar-refractivity contribution in [2.75, 3.05) is 6.54 Å². The Morgan fingerprint density at radius 3 is 1.94 bits per heavy atom. The molecule has 1 aromatic carbocycles. The lowest BCUT2D eigenvalue weighted by atomic mass is 9.99. The second kappa shape index (κ2) is 7.58. The predicted molar refractivity (Wildman–Crippen MR) is 81.0 cm³/mol. The summed E-state index contributed by atoms with van der Waals surface area (Å²) in [7, 11) is 0. The molecule has 18 heavy (non-hydrogen) atoms. The van der Waals surface area contributed by atoms with E-state index in [0.717, 1.165) is 12.5 Å². The molecule has 0 aromatic heterocycles. The van der Waals surface area contributed by atoms with Gasteiger partial charge in [-0.3, -0.25) is 0 Å².